The van der Waals surface area contributed by atoms with Crippen LogP contribution in [-0.4, -0.2) is 5.91 Å². The van der Waals surface area contributed by atoms with Crippen molar-refractivity contribution in [2.24, 2.45) is 5.73 Å². The molecule has 2 aromatic carbocycles. The van der Waals surface area contributed by atoms with Gasteiger partial charge in [-0.25, -0.2) is 0 Å². The Morgan fingerprint density at radius 2 is 1.41 bits per heavy atom. The zero-order valence-electron chi connectivity index (χ0n) is 12.4. The first-order valence-electron chi connectivity index (χ1n) is 7.91. The summed E-state index contributed by atoms with van der Waals surface area (Å²) in [5, 5.41) is 0. The summed E-state index contributed by atoms with van der Waals surface area (Å²) in [6.45, 7) is 0. The summed E-state index contributed by atoms with van der Waals surface area (Å²) in [4.78, 5) is 11.1. The largest absolute Gasteiger partial charge is 0.457 e. The maximum atomic E-state index is 11.1. The Bertz CT molecular complexity index is 682. The van der Waals surface area contributed by atoms with Gasteiger partial charge in [0.05, 0.1) is 0 Å². The van der Waals surface area contributed by atoms with E-state index in [9.17, 15) is 4.79 Å². The van der Waals surface area contributed by atoms with Crippen molar-refractivity contribution in [1.29, 1.82) is 0 Å². The number of carbonyl (C=O) groups excluding carboxylic acids is 1. The SMILES string of the molecule is NC(=O)c1ccc(Oc2cc(C3CC3)cc(C3CC3)c2)cc1. The van der Waals surface area contributed by atoms with Gasteiger partial charge in [-0.15, -0.1) is 0 Å². The number of rotatable bonds is 5. The zero-order valence-corrected chi connectivity index (χ0v) is 12.4. The third kappa shape index (κ3) is 2.84. The molecule has 22 heavy (non-hydrogen) atoms. The van der Waals surface area contributed by atoms with Crippen LogP contribution < -0.4 is 10.5 Å². The highest BCUT2D eigenvalue weighted by atomic mass is 16.5. The van der Waals surface area contributed by atoms with E-state index in [0.29, 0.717) is 5.56 Å². The van der Waals surface area contributed by atoms with Gasteiger partial charge in [0.25, 0.3) is 0 Å². The van der Waals surface area contributed by atoms with E-state index in [2.05, 4.69) is 18.2 Å². The number of hydrogen-bond acceptors (Lipinski definition) is 2. The molecule has 0 unspecified atom stereocenters. The minimum absolute atomic E-state index is 0.418. The zero-order chi connectivity index (χ0) is 15.1. The topological polar surface area (TPSA) is 52.3 Å². The van der Waals surface area contributed by atoms with Gasteiger partial charge in [-0.2, -0.15) is 0 Å². The molecule has 2 fully saturated rings. The lowest BCUT2D eigenvalue weighted by Gasteiger charge is -2.11. The summed E-state index contributed by atoms with van der Waals surface area (Å²) in [6, 6.07) is 13.7. The van der Waals surface area contributed by atoms with Crippen LogP contribution in [0, 0.1) is 0 Å². The van der Waals surface area contributed by atoms with E-state index in [1.807, 2.05) is 0 Å². The molecule has 0 saturated heterocycles. The van der Waals surface area contributed by atoms with Crippen molar-refractivity contribution in [3.63, 3.8) is 0 Å². The van der Waals surface area contributed by atoms with E-state index in [4.69, 9.17) is 10.5 Å². The molecule has 4 rings (SSSR count). The Morgan fingerprint density at radius 3 is 1.86 bits per heavy atom. The first-order valence-corrected chi connectivity index (χ1v) is 7.91. The minimum Gasteiger partial charge on any atom is -0.457 e. The first-order chi connectivity index (χ1) is 10.7. The summed E-state index contributed by atoms with van der Waals surface area (Å²) >= 11 is 0. The fraction of sp³-hybridized carbons (Fsp3) is 0.316. The standard InChI is InChI=1S/C19H19NO2/c20-19(21)14-5-7-17(8-6-14)22-18-10-15(12-1-2-12)9-16(11-18)13-3-4-13/h5-13H,1-4H2,(H2,20,21). The molecule has 3 heteroatoms. The molecule has 0 spiro atoms. The van der Waals surface area contributed by atoms with Crippen LogP contribution in [0.3, 0.4) is 0 Å². The third-order valence-corrected chi connectivity index (χ3v) is 4.42. The summed E-state index contributed by atoms with van der Waals surface area (Å²) < 4.78 is 6.00. The average molecular weight is 293 g/mol. The van der Waals surface area contributed by atoms with Gasteiger partial charge in [0, 0.05) is 5.56 Å². The maximum Gasteiger partial charge on any atom is 0.248 e. The number of nitrogens with two attached hydrogens (primary N) is 1. The fourth-order valence-electron chi connectivity index (χ4n) is 2.83. The van der Waals surface area contributed by atoms with Crippen LogP contribution >= 0.6 is 0 Å². The number of ether oxygens (including phenoxy) is 1. The summed E-state index contributed by atoms with van der Waals surface area (Å²) in [5.74, 6) is 2.66. The first kappa shape index (κ1) is 13.4. The van der Waals surface area contributed by atoms with Crippen LogP contribution in [0.25, 0.3) is 0 Å². The number of hydrogen-bond donors (Lipinski definition) is 1. The molecule has 2 aliphatic carbocycles. The van der Waals surface area contributed by atoms with Gasteiger partial charge in [-0.1, -0.05) is 6.07 Å². The van der Waals surface area contributed by atoms with Crippen molar-refractivity contribution >= 4 is 5.91 Å². The summed E-state index contributed by atoms with van der Waals surface area (Å²) in [6.07, 6.45) is 5.17. The quantitative estimate of drug-likeness (QED) is 0.892. The predicted octanol–water partition coefficient (Wildman–Crippen LogP) is 4.33. The average Bonchev–Trinajstić information content (AvgIpc) is 3.41. The van der Waals surface area contributed by atoms with Gasteiger partial charge in [0.15, 0.2) is 0 Å². The predicted molar refractivity (Wildman–Crippen MR) is 85.4 cm³/mol. The Morgan fingerprint density at radius 1 is 0.864 bits per heavy atom. The molecule has 2 aliphatic rings. The van der Waals surface area contributed by atoms with Crippen molar-refractivity contribution < 1.29 is 9.53 Å². The molecule has 2 saturated carbocycles. The highest BCUT2D eigenvalue weighted by Gasteiger charge is 2.28. The van der Waals surface area contributed by atoms with E-state index in [0.717, 1.165) is 23.3 Å². The normalized spacial score (nSPS) is 17.3. The van der Waals surface area contributed by atoms with Gasteiger partial charge in [0.1, 0.15) is 11.5 Å². The monoisotopic (exact) mass is 293 g/mol. The Labute approximate surface area is 130 Å². The van der Waals surface area contributed by atoms with E-state index in [-0.39, 0.29) is 0 Å². The smallest absolute Gasteiger partial charge is 0.248 e. The Hall–Kier alpha value is -2.29. The van der Waals surface area contributed by atoms with Gasteiger partial charge in [-0.3, -0.25) is 4.79 Å². The molecule has 0 aromatic heterocycles. The second-order valence-electron chi connectivity index (χ2n) is 6.37. The van der Waals surface area contributed by atoms with Gasteiger partial charge in [0.2, 0.25) is 5.91 Å². The highest BCUT2D eigenvalue weighted by molar-refractivity contribution is 5.92. The van der Waals surface area contributed by atoms with Crippen LogP contribution in [0.1, 0.15) is 59.0 Å². The molecule has 0 atom stereocenters. The molecule has 1 amide bonds. The van der Waals surface area contributed by atoms with Crippen LogP contribution in [0.5, 0.6) is 11.5 Å². The van der Waals surface area contributed by atoms with Crippen LogP contribution in [0.2, 0.25) is 0 Å². The lowest BCUT2D eigenvalue weighted by molar-refractivity contribution is 0.100. The van der Waals surface area contributed by atoms with Crippen molar-refractivity contribution in [3.8, 4) is 11.5 Å². The minimum atomic E-state index is -0.418. The van der Waals surface area contributed by atoms with E-state index >= 15 is 0 Å². The van der Waals surface area contributed by atoms with Crippen molar-refractivity contribution in [2.75, 3.05) is 0 Å². The summed E-state index contributed by atoms with van der Waals surface area (Å²) in [7, 11) is 0. The second-order valence-corrected chi connectivity index (χ2v) is 6.37. The molecule has 2 N–H and O–H groups in total. The van der Waals surface area contributed by atoms with Crippen LogP contribution in [0.4, 0.5) is 0 Å². The molecule has 3 nitrogen and oxygen atoms in total. The number of benzene rings is 2. The van der Waals surface area contributed by atoms with Gasteiger partial charge in [-0.05, 0) is 85.0 Å². The lowest BCUT2D eigenvalue weighted by atomic mass is 10.0. The maximum absolute atomic E-state index is 11.1. The van der Waals surface area contributed by atoms with Crippen LogP contribution in [0.15, 0.2) is 42.5 Å². The fourth-order valence-corrected chi connectivity index (χ4v) is 2.83. The number of primary amides is 1. The Kier molecular flexibility index (Phi) is 3.14. The van der Waals surface area contributed by atoms with Crippen LogP contribution in [-0.2, 0) is 0 Å². The Balaban J connectivity index is 1.59. The lowest BCUT2D eigenvalue weighted by Crippen LogP contribution is -2.10. The highest BCUT2D eigenvalue weighted by Crippen LogP contribution is 2.46. The van der Waals surface area contributed by atoms with E-state index in [1.165, 1.54) is 36.8 Å². The molecule has 0 aliphatic heterocycles. The molecule has 2 aromatic rings. The van der Waals surface area contributed by atoms with E-state index < -0.39 is 5.91 Å². The molecule has 112 valence electrons. The van der Waals surface area contributed by atoms with E-state index in [1.54, 1.807) is 24.3 Å². The number of amides is 1. The third-order valence-electron chi connectivity index (χ3n) is 4.42. The molecule has 0 heterocycles. The molecule has 0 bridgehead atoms. The summed E-state index contributed by atoms with van der Waals surface area (Å²) in [5.41, 5.74) is 8.58. The molecular weight excluding hydrogens is 274 g/mol. The van der Waals surface area contributed by atoms with Gasteiger partial charge < -0.3 is 10.5 Å². The van der Waals surface area contributed by atoms with Crippen molar-refractivity contribution in [1.82, 2.24) is 0 Å². The van der Waals surface area contributed by atoms with Gasteiger partial charge >= 0.3 is 0 Å². The molecular formula is C19H19NO2. The number of carbonyl (C=O) groups is 1. The molecule has 0 radical (unpaired) electrons. The van der Waals surface area contributed by atoms with Crippen molar-refractivity contribution in [3.05, 3.63) is 59.2 Å². The second kappa shape index (κ2) is 5.16. The van der Waals surface area contributed by atoms with Crippen molar-refractivity contribution in [2.45, 2.75) is 37.5 Å².